The normalized spacial score (nSPS) is 13.9. The van der Waals surface area contributed by atoms with Crippen molar-refractivity contribution in [2.24, 2.45) is 0 Å². The van der Waals surface area contributed by atoms with E-state index in [1.165, 1.54) is 38.2 Å². The van der Waals surface area contributed by atoms with E-state index < -0.39 is 11.5 Å². The number of aromatic hydroxyl groups is 1. The van der Waals surface area contributed by atoms with Crippen molar-refractivity contribution in [3.05, 3.63) is 29.8 Å². The van der Waals surface area contributed by atoms with Crippen molar-refractivity contribution in [2.45, 2.75) is 12.5 Å². The molecular weight excluding hydrogens is 210 g/mol. The molecular formula is C11H13NO4. The van der Waals surface area contributed by atoms with Gasteiger partial charge < -0.3 is 15.1 Å². The van der Waals surface area contributed by atoms with E-state index in [0.29, 0.717) is 12.0 Å². The molecule has 86 valence electrons. The smallest absolute Gasteiger partial charge is 0.334 e. The van der Waals surface area contributed by atoms with Gasteiger partial charge in [0.2, 0.25) is 6.41 Å². The molecule has 2 N–H and O–H groups in total. The Bertz CT molecular complexity index is 401. The van der Waals surface area contributed by atoms with Crippen LogP contribution in [0, 0.1) is 0 Å². The summed E-state index contributed by atoms with van der Waals surface area (Å²) in [6.45, 7) is 1.43. The van der Waals surface area contributed by atoms with Gasteiger partial charge in [-0.2, -0.15) is 0 Å². The fraction of sp³-hybridized carbons (Fsp3) is 0.273. The molecule has 0 bridgehead atoms. The second kappa shape index (κ2) is 4.22. The van der Waals surface area contributed by atoms with E-state index >= 15 is 0 Å². The maximum atomic E-state index is 11.2. The van der Waals surface area contributed by atoms with Crippen LogP contribution in [0.5, 0.6) is 5.75 Å². The lowest BCUT2D eigenvalue weighted by Crippen LogP contribution is -2.47. The van der Waals surface area contributed by atoms with Gasteiger partial charge in [-0.05, 0) is 24.6 Å². The number of carboxylic acid groups (broad SMARTS) is 1. The molecule has 0 aliphatic rings. The third-order valence-corrected chi connectivity index (χ3v) is 2.71. The summed E-state index contributed by atoms with van der Waals surface area (Å²) in [6.07, 6.45) is 0.459. The quantitative estimate of drug-likeness (QED) is 0.739. The highest BCUT2D eigenvalue weighted by atomic mass is 16.4. The van der Waals surface area contributed by atoms with E-state index in [1.54, 1.807) is 0 Å². The molecule has 1 rings (SSSR count). The predicted molar refractivity (Wildman–Crippen MR) is 56.9 cm³/mol. The molecule has 1 aromatic carbocycles. The van der Waals surface area contributed by atoms with E-state index in [9.17, 15) is 14.7 Å². The minimum absolute atomic E-state index is 0.0465. The first-order chi connectivity index (χ1) is 7.42. The molecule has 0 aromatic heterocycles. The van der Waals surface area contributed by atoms with Gasteiger partial charge in [0.05, 0.1) is 0 Å². The average molecular weight is 223 g/mol. The number of hydrogen-bond acceptors (Lipinski definition) is 3. The van der Waals surface area contributed by atoms with Crippen LogP contribution in [-0.4, -0.2) is 34.5 Å². The molecule has 0 saturated heterocycles. The predicted octanol–water partition coefficient (Wildman–Crippen LogP) is 0.780. The van der Waals surface area contributed by atoms with E-state index in [-0.39, 0.29) is 5.75 Å². The van der Waals surface area contributed by atoms with Gasteiger partial charge in [-0.25, -0.2) is 4.79 Å². The lowest BCUT2D eigenvalue weighted by molar-refractivity contribution is -0.153. The van der Waals surface area contributed by atoms with Crippen LogP contribution in [0.4, 0.5) is 0 Å². The first kappa shape index (κ1) is 12.0. The van der Waals surface area contributed by atoms with Crippen molar-refractivity contribution in [3.63, 3.8) is 0 Å². The number of phenolic OH excluding ortho intramolecular Hbond substituents is 1. The molecule has 1 atom stereocenters. The number of amides is 1. The molecule has 0 aliphatic carbocycles. The summed E-state index contributed by atoms with van der Waals surface area (Å²) in [4.78, 5) is 23.0. The van der Waals surface area contributed by atoms with Crippen LogP contribution in [0.15, 0.2) is 24.3 Å². The van der Waals surface area contributed by atoms with Crippen LogP contribution in [0.3, 0.4) is 0 Å². The van der Waals surface area contributed by atoms with Gasteiger partial charge in [0.1, 0.15) is 5.75 Å². The minimum atomic E-state index is -1.44. The van der Waals surface area contributed by atoms with Gasteiger partial charge in [-0.1, -0.05) is 12.1 Å². The van der Waals surface area contributed by atoms with E-state index in [4.69, 9.17) is 5.11 Å². The summed E-state index contributed by atoms with van der Waals surface area (Å²) >= 11 is 0. The number of carbonyl (C=O) groups excluding carboxylic acids is 1. The van der Waals surface area contributed by atoms with Crippen molar-refractivity contribution in [3.8, 4) is 5.75 Å². The molecule has 1 aromatic rings. The van der Waals surface area contributed by atoms with Crippen molar-refractivity contribution < 1.29 is 19.8 Å². The first-order valence-corrected chi connectivity index (χ1v) is 4.64. The SMILES string of the molecule is CN(C=O)C(C)(C(=O)O)c1ccc(O)cc1. The molecule has 5 nitrogen and oxygen atoms in total. The van der Waals surface area contributed by atoms with Gasteiger partial charge in [0, 0.05) is 7.05 Å². The Morgan fingerprint density at radius 1 is 1.38 bits per heavy atom. The lowest BCUT2D eigenvalue weighted by Gasteiger charge is -2.32. The standard InChI is InChI=1S/C11H13NO4/c1-11(10(15)16,12(2)7-13)8-3-5-9(14)6-4-8/h3-7,14H,1-2H3,(H,15,16). The molecule has 0 radical (unpaired) electrons. The van der Waals surface area contributed by atoms with Gasteiger partial charge in [-0.3, -0.25) is 4.79 Å². The Morgan fingerprint density at radius 3 is 2.25 bits per heavy atom. The van der Waals surface area contributed by atoms with Crippen molar-refractivity contribution in [1.29, 1.82) is 0 Å². The van der Waals surface area contributed by atoms with Crippen LogP contribution in [0.25, 0.3) is 0 Å². The van der Waals surface area contributed by atoms with Gasteiger partial charge >= 0.3 is 5.97 Å². The van der Waals surface area contributed by atoms with Crippen LogP contribution in [-0.2, 0) is 15.1 Å². The van der Waals surface area contributed by atoms with E-state index in [0.717, 1.165) is 4.90 Å². The van der Waals surface area contributed by atoms with Crippen LogP contribution in [0.1, 0.15) is 12.5 Å². The summed E-state index contributed by atoms with van der Waals surface area (Å²) < 4.78 is 0. The summed E-state index contributed by atoms with van der Waals surface area (Å²) in [5, 5.41) is 18.3. The summed E-state index contributed by atoms with van der Waals surface area (Å²) in [5.74, 6) is -1.09. The Morgan fingerprint density at radius 2 is 1.88 bits per heavy atom. The van der Waals surface area contributed by atoms with Crippen molar-refractivity contribution in [1.82, 2.24) is 4.90 Å². The molecule has 0 saturated carbocycles. The third kappa shape index (κ3) is 1.84. The number of carbonyl (C=O) groups is 2. The molecule has 5 heteroatoms. The van der Waals surface area contributed by atoms with Gasteiger partial charge in [-0.15, -0.1) is 0 Å². The monoisotopic (exact) mass is 223 g/mol. The first-order valence-electron chi connectivity index (χ1n) is 4.64. The number of hydrogen-bond donors (Lipinski definition) is 2. The summed E-state index contributed by atoms with van der Waals surface area (Å²) in [7, 11) is 1.40. The number of carboxylic acids is 1. The Balaban J connectivity index is 3.26. The average Bonchev–Trinajstić information content (AvgIpc) is 2.27. The zero-order valence-corrected chi connectivity index (χ0v) is 9.04. The second-order valence-corrected chi connectivity index (χ2v) is 3.64. The molecule has 0 spiro atoms. The lowest BCUT2D eigenvalue weighted by atomic mass is 9.91. The van der Waals surface area contributed by atoms with Gasteiger partial charge in [0.25, 0.3) is 0 Å². The van der Waals surface area contributed by atoms with E-state index in [1.807, 2.05) is 0 Å². The number of phenols is 1. The number of aliphatic carboxylic acids is 1. The second-order valence-electron chi connectivity index (χ2n) is 3.64. The van der Waals surface area contributed by atoms with Crippen molar-refractivity contribution in [2.75, 3.05) is 7.05 Å². The maximum Gasteiger partial charge on any atom is 0.334 e. The maximum absolute atomic E-state index is 11.2. The Hall–Kier alpha value is -2.04. The molecule has 1 unspecified atom stereocenters. The zero-order chi connectivity index (χ0) is 12.3. The topological polar surface area (TPSA) is 77.8 Å². The van der Waals surface area contributed by atoms with Crippen LogP contribution in [0.2, 0.25) is 0 Å². The zero-order valence-electron chi connectivity index (χ0n) is 9.04. The largest absolute Gasteiger partial charge is 0.508 e. The fourth-order valence-electron chi connectivity index (χ4n) is 1.37. The fourth-order valence-corrected chi connectivity index (χ4v) is 1.37. The van der Waals surface area contributed by atoms with E-state index in [2.05, 4.69) is 0 Å². The van der Waals surface area contributed by atoms with Crippen LogP contribution >= 0.6 is 0 Å². The third-order valence-electron chi connectivity index (χ3n) is 2.71. The minimum Gasteiger partial charge on any atom is -0.508 e. The molecule has 0 fully saturated rings. The van der Waals surface area contributed by atoms with Gasteiger partial charge in [0.15, 0.2) is 5.54 Å². The number of likely N-dealkylation sites (N-methyl/N-ethyl adjacent to an activating group) is 1. The highest BCUT2D eigenvalue weighted by Crippen LogP contribution is 2.27. The molecule has 0 heterocycles. The highest BCUT2D eigenvalue weighted by molar-refractivity contribution is 5.82. The Kier molecular flexibility index (Phi) is 3.17. The van der Waals surface area contributed by atoms with Crippen molar-refractivity contribution >= 4 is 12.4 Å². The Labute approximate surface area is 92.9 Å². The summed E-state index contributed by atoms with van der Waals surface area (Å²) in [6, 6.07) is 5.72. The number of nitrogens with zero attached hydrogens (tertiary/aromatic N) is 1. The van der Waals surface area contributed by atoms with Crippen LogP contribution < -0.4 is 0 Å². The number of rotatable bonds is 4. The highest BCUT2D eigenvalue weighted by Gasteiger charge is 2.39. The number of benzene rings is 1. The molecule has 1 amide bonds. The summed E-state index contributed by atoms with van der Waals surface area (Å²) in [5.41, 5.74) is -1.01. The molecule has 0 aliphatic heterocycles. The molecule has 16 heavy (non-hydrogen) atoms.